The van der Waals surface area contributed by atoms with Crippen molar-refractivity contribution in [1.82, 2.24) is 9.80 Å². The number of carbonyl (C=O) groups excluding carboxylic acids is 2. The molecular formula is C19H26N2O4. The Hall–Kier alpha value is -2.24. The normalized spacial score (nSPS) is 20.5. The van der Waals surface area contributed by atoms with Gasteiger partial charge in [-0.25, -0.2) is 4.79 Å². The average Bonchev–Trinajstić information content (AvgIpc) is 3.03. The van der Waals surface area contributed by atoms with Gasteiger partial charge in [-0.3, -0.25) is 4.79 Å². The largest absolute Gasteiger partial charge is 0.497 e. The Balaban J connectivity index is 1.67. The van der Waals surface area contributed by atoms with E-state index in [2.05, 4.69) is 0 Å². The zero-order valence-corrected chi connectivity index (χ0v) is 15.4. The van der Waals surface area contributed by atoms with Gasteiger partial charge >= 0.3 is 6.09 Å². The Labute approximate surface area is 148 Å². The lowest BCUT2D eigenvalue weighted by Crippen LogP contribution is -2.46. The molecule has 1 aromatic carbocycles. The number of hydrogen-bond acceptors (Lipinski definition) is 4. The summed E-state index contributed by atoms with van der Waals surface area (Å²) in [5.41, 5.74) is 1.26. The summed E-state index contributed by atoms with van der Waals surface area (Å²) >= 11 is 0. The first-order valence-corrected chi connectivity index (χ1v) is 8.74. The fourth-order valence-corrected chi connectivity index (χ4v) is 3.45. The molecule has 0 N–H and O–H groups in total. The summed E-state index contributed by atoms with van der Waals surface area (Å²) in [5, 5.41) is 0. The molecule has 6 nitrogen and oxygen atoms in total. The van der Waals surface area contributed by atoms with E-state index in [9.17, 15) is 9.59 Å². The molecular weight excluding hydrogens is 320 g/mol. The molecule has 25 heavy (non-hydrogen) atoms. The summed E-state index contributed by atoms with van der Waals surface area (Å²) in [6.07, 6.45) is 1.29. The van der Waals surface area contributed by atoms with Crippen LogP contribution in [0.3, 0.4) is 0 Å². The Morgan fingerprint density at radius 3 is 2.68 bits per heavy atom. The van der Waals surface area contributed by atoms with Gasteiger partial charge in [0.1, 0.15) is 11.4 Å². The van der Waals surface area contributed by atoms with Crippen molar-refractivity contribution in [2.24, 2.45) is 0 Å². The van der Waals surface area contributed by atoms with Crippen molar-refractivity contribution >= 4 is 12.0 Å². The second kappa shape index (κ2) is 6.58. The summed E-state index contributed by atoms with van der Waals surface area (Å²) in [4.78, 5) is 28.7. The molecule has 6 heteroatoms. The standard InChI is InChI=1S/C19H26N2O4/c1-19(2,3)25-18(23)20-9-8-14(12-20)21-10-7-13-11-15(24-4)5-6-16(13)17(21)22/h5-6,11,14H,7-10,12H2,1-4H3/t14-/m0/s1. The van der Waals surface area contributed by atoms with Crippen LogP contribution in [0.2, 0.25) is 0 Å². The van der Waals surface area contributed by atoms with Gasteiger partial charge < -0.3 is 19.3 Å². The molecule has 1 atom stereocenters. The van der Waals surface area contributed by atoms with Gasteiger partial charge in [-0.1, -0.05) is 0 Å². The van der Waals surface area contributed by atoms with Crippen LogP contribution in [0.1, 0.15) is 43.1 Å². The van der Waals surface area contributed by atoms with Crippen LogP contribution in [-0.2, 0) is 11.2 Å². The quantitative estimate of drug-likeness (QED) is 0.826. The van der Waals surface area contributed by atoms with Crippen molar-refractivity contribution in [2.75, 3.05) is 26.7 Å². The molecule has 2 aliphatic rings. The molecule has 1 aromatic rings. The van der Waals surface area contributed by atoms with Crippen LogP contribution in [-0.4, -0.2) is 60.2 Å². The number of likely N-dealkylation sites (tertiary alicyclic amines) is 1. The van der Waals surface area contributed by atoms with E-state index in [-0.39, 0.29) is 18.0 Å². The minimum atomic E-state index is -0.506. The highest BCUT2D eigenvalue weighted by Gasteiger charge is 2.37. The lowest BCUT2D eigenvalue weighted by atomic mass is 9.97. The summed E-state index contributed by atoms with van der Waals surface area (Å²) in [5.74, 6) is 0.817. The van der Waals surface area contributed by atoms with Crippen molar-refractivity contribution in [1.29, 1.82) is 0 Å². The molecule has 2 aliphatic heterocycles. The van der Waals surface area contributed by atoms with E-state index in [4.69, 9.17) is 9.47 Å². The first-order valence-electron chi connectivity index (χ1n) is 8.74. The van der Waals surface area contributed by atoms with Gasteiger partial charge in [-0.05, 0) is 57.4 Å². The maximum absolute atomic E-state index is 12.9. The molecule has 0 aromatic heterocycles. The van der Waals surface area contributed by atoms with Crippen LogP contribution in [0, 0.1) is 0 Å². The van der Waals surface area contributed by atoms with E-state index in [0.29, 0.717) is 19.6 Å². The van der Waals surface area contributed by atoms with Crippen LogP contribution in [0.5, 0.6) is 5.75 Å². The Bertz CT molecular complexity index is 680. The minimum absolute atomic E-state index is 0.0416. The topological polar surface area (TPSA) is 59.1 Å². The number of methoxy groups -OCH3 is 1. The number of hydrogen-bond donors (Lipinski definition) is 0. The number of rotatable bonds is 2. The molecule has 3 rings (SSSR count). The molecule has 0 radical (unpaired) electrons. The third-order valence-electron chi connectivity index (χ3n) is 4.68. The fourth-order valence-electron chi connectivity index (χ4n) is 3.45. The first-order chi connectivity index (χ1) is 11.8. The van der Waals surface area contributed by atoms with E-state index in [0.717, 1.165) is 29.7 Å². The second-order valence-electron chi connectivity index (χ2n) is 7.64. The van der Waals surface area contributed by atoms with Crippen molar-refractivity contribution in [3.05, 3.63) is 29.3 Å². The fraction of sp³-hybridized carbons (Fsp3) is 0.579. The predicted molar refractivity (Wildman–Crippen MR) is 93.9 cm³/mol. The predicted octanol–water partition coefficient (Wildman–Crippen LogP) is 2.70. The number of ether oxygens (including phenoxy) is 2. The highest BCUT2D eigenvalue weighted by Crippen LogP contribution is 2.27. The molecule has 2 heterocycles. The first kappa shape index (κ1) is 17.6. The zero-order chi connectivity index (χ0) is 18.2. The summed E-state index contributed by atoms with van der Waals surface area (Å²) < 4.78 is 10.7. The van der Waals surface area contributed by atoms with E-state index in [1.807, 2.05) is 43.9 Å². The summed E-state index contributed by atoms with van der Waals surface area (Å²) in [6, 6.07) is 5.65. The minimum Gasteiger partial charge on any atom is -0.497 e. The van der Waals surface area contributed by atoms with Gasteiger partial charge in [0.15, 0.2) is 0 Å². The third-order valence-corrected chi connectivity index (χ3v) is 4.68. The van der Waals surface area contributed by atoms with Gasteiger partial charge in [0, 0.05) is 25.2 Å². The molecule has 0 saturated carbocycles. The average molecular weight is 346 g/mol. The number of nitrogens with zero attached hydrogens (tertiary/aromatic N) is 2. The Morgan fingerprint density at radius 1 is 1.24 bits per heavy atom. The molecule has 136 valence electrons. The maximum atomic E-state index is 12.9. The van der Waals surface area contributed by atoms with Crippen molar-refractivity contribution < 1.29 is 19.1 Å². The van der Waals surface area contributed by atoms with E-state index >= 15 is 0 Å². The molecule has 1 saturated heterocycles. The van der Waals surface area contributed by atoms with E-state index in [1.54, 1.807) is 12.0 Å². The lowest BCUT2D eigenvalue weighted by molar-refractivity contribution is 0.0274. The highest BCUT2D eigenvalue weighted by atomic mass is 16.6. The highest BCUT2D eigenvalue weighted by molar-refractivity contribution is 5.97. The Kier molecular flexibility index (Phi) is 4.62. The maximum Gasteiger partial charge on any atom is 0.410 e. The van der Waals surface area contributed by atoms with Crippen LogP contribution in [0.25, 0.3) is 0 Å². The summed E-state index contributed by atoms with van der Waals surface area (Å²) in [6.45, 7) is 7.41. The molecule has 1 fully saturated rings. The van der Waals surface area contributed by atoms with Crippen molar-refractivity contribution in [2.45, 2.75) is 45.3 Å². The molecule has 0 spiro atoms. The van der Waals surface area contributed by atoms with E-state index < -0.39 is 5.60 Å². The van der Waals surface area contributed by atoms with Gasteiger partial charge in [0.05, 0.1) is 13.2 Å². The van der Waals surface area contributed by atoms with Gasteiger partial charge in [-0.15, -0.1) is 0 Å². The lowest BCUT2D eigenvalue weighted by Gasteiger charge is -2.33. The molecule has 0 bridgehead atoms. The van der Waals surface area contributed by atoms with Gasteiger partial charge in [-0.2, -0.15) is 0 Å². The molecule has 2 amide bonds. The number of fused-ring (bicyclic) bond motifs is 1. The second-order valence-corrected chi connectivity index (χ2v) is 7.64. The third kappa shape index (κ3) is 3.72. The van der Waals surface area contributed by atoms with Crippen LogP contribution >= 0.6 is 0 Å². The summed E-state index contributed by atoms with van der Waals surface area (Å²) in [7, 11) is 1.63. The smallest absolute Gasteiger partial charge is 0.410 e. The molecule has 0 unspecified atom stereocenters. The van der Waals surface area contributed by atoms with E-state index in [1.165, 1.54) is 0 Å². The van der Waals surface area contributed by atoms with Crippen molar-refractivity contribution in [3.8, 4) is 5.75 Å². The van der Waals surface area contributed by atoms with Gasteiger partial charge in [0.2, 0.25) is 0 Å². The number of benzene rings is 1. The monoisotopic (exact) mass is 346 g/mol. The van der Waals surface area contributed by atoms with Crippen molar-refractivity contribution in [3.63, 3.8) is 0 Å². The molecule has 0 aliphatic carbocycles. The number of amides is 2. The van der Waals surface area contributed by atoms with Crippen LogP contribution < -0.4 is 4.74 Å². The Morgan fingerprint density at radius 2 is 2.00 bits per heavy atom. The van der Waals surface area contributed by atoms with Crippen LogP contribution in [0.15, 0.2) is 18.2 Å². The van der Waals surface area contributed by atoms with Gasteiger partial charge in [0.25, 0.3) is 5.91 Å². The number of carbonyl (C=O) groups is 2. The van der Waals surface area contributed by atoms with Crippen LogP contribution in [0.4, 0.5) is 4.79 Å². The SMILES string of the molecule is COc1ccc2c(c1)CCN([C@H]1CCN(C(=O)OC(C)(C)C)C1)C2=O. The zero-order valence-electron chi connectivity index (χ0n) is 15.4.